The topological polar surface area (TPSA) is 12.0 Å². The maximum atomic E-state index is 5.44. The molecule has 2 heteroatoms. The Morgan fingerprint density at radius 2 is 2.14 bits per heavy atom. The van der Waals surface area contributed by atoms with Gasteiger partial charge in [0, 0.05) is 17.8 Å². The zero-order chi connectivity index (χ0) is 9.80. The van der Waals surface area contributed by atoms with Crippen LogP contribution in [0.1, 0.15) is 17.5 Å². The van der Waals surface area contributed by atoms with Gasteiger partial charge in [-0.3, -0.25) is 0 Å². The average Bonchev–Trinajstić information content (AvgIpc) is 2.65. The van der Waals surface area contributed by atoms with E-state index in [0.717, 1.165) is 6.54 Å². The number of benzene rings is 1. The molecular weight excluding hydrogens is 194 g/mol. The highest BCUT2D eigenvalue weighted by molar-refractivity contribution is 6.25. The van der Waals surface area contributed by atoms with Crippen LogP contribution in [0.15, 0.2) is 29.8 Å². The smallest absolute Gasteiger partial charge is 0.0345 e. The van der Waals surface area contributed by atoms with Crippen molar-refractivity contribution < 1.29 is 0 Å². The number of hydrogen-bond donors (Lipinski definition) is 1. The van der Waals surface area contributed by atoms with Gasteiger partial charge in [-0.25, -0.2) is 0 Å². The van der Waals surface area contributed by atoms with Crippen molar-refractivity contribution in [2.75, 3.05) is 11.9 Å². The van der Waals surface area contributed by atoms with E-state index in [0.29, 0.717) is 0 Å². The Balaban J connectivity index is 2.05. The molecule has 1 N–H and O–H groups in total. The fraction of sp³-hybridized carbons (Fsp3) is 0.333. The lowest BCUT2D eigenvalue weighted by molar-refractivity contribution is 0.912. The minimum Gasteiger partial charge on any atom is -0.382 e. The third-order valence-electron chi connectivity index (χ3n) is 2.61. The second-order valence-electron chi connectivity index (χ2n) is 3.58. The monoisotopic (exact) mass is 207 g/mol. The molecule has 0 amide bonds. The van der Waals surface area contributed by atoms with Crippen molar-refractivity contribution in [2.45, 2.75) is 19.3 Å². The van der Waals surface area contributed by atoms with Crippen LogP contribution in [0.3, 0.4) is 0 Å². The van der Waals surface area contributed by atoms with Gasteiger partial charge < -0.3 is 5.32 Å². The van der Waals surface area contributed by atoms with Gasteiger partial charge in [-0.05, 0) is 42.5 Å². The number of rotatable bonds is 3. The highest BCUT2D eigenvalue weighted by atomic mass is 35.5. The van der Waals surface area contributed by atoms with Gasteiger partial charge in [-0.1, -0.05) is 23.7 Å². The van der Waals surface area contributed by atoms with Crippen molar-refractivity contribution >= 4 is 17.3 Å². The van der Waals surface area contributed by atoms with E-state index >= 15 is 0 Å². The number of halogens is 1. The number of aryl methyl sites for hydroxylation is 2. The molecule has 1 aromatic carbocycles. The molecule has 0 heterocycles. The lowest BCUT2D eigenvalue weighted by Crippen LogP contribution is -1.98. The number of anilines is 1. The predicted octanol–water partition coefficient (Wildman–Crippen LogP) is 3.34. The van der Waals surface area contributed by atoms with E-state index in [4.69, 9.17) is 11.6 Å². The largest absolute Gasteiger partial charge is 0.382 e. The van der Waals surface area contributed by atoms with Crippen molar-refractivity contribution in [3.8, 4) is 0 Å². The summed E-state index contributed by atoms with van der Waals surface area (Å²) in [6, 6.07) is 6.63. The molecule has 1 aromatic rings. The molecule has 74 valence electrons. The van der Waals surface area contributed by atoms with E-state index < -0.39 is 0 Å². The normalized spacial score (nSPS) is 14.6. The maximum Gasteiger partial charge on any atom is 0.0345 e. The summed E-state index contributed by atoms with van der Waals surface area (Å²) < 4.78 is 0. The Morgan fingerprint density at radius 1 is 1.29 bits per heavy atom. The molecule has 0 atom stereocenters. The van der Waals surface area contributed by atoms with Gasteiger partial charge in [0.15, 0.2) is 0 Å². The third-order valence-corrected chi connectivity index (χ3v) is 2.79. The van der Waals surface area contributed by atoms with Crippen molar-refractivity contribution in [3.05, 3.63) is 40.9 Å². The number of hydrogen-bond acceptors (Lipinski definition) is 1. The molecular formula is C12H14ClN. The summed E-state index contributed by atoms with van der Waals surface area (Å²) in [6.45, 7) is 0.794. The molecule has 2 rings (SSSR count). The van der Waals surface area contributed by atoms with E-state index in [9.17, 15) is 0 Å². The molecule has 0 unspecified atom stereocenters. The molecule has 14 heavy (non-hydrogen) atoms. The Kier molecular flexibility index (Phi) is 3.10. The second kappa shape index (κ2) is 4.52. The fourth-order valence-electron chi connectivity index (χ4n) is 1.90. The minimum absolute atomic E-state index is 0.794. The van der Waals surface area contributed by atoms with E-state index in [2.05, 4.69) is 23.5 Å². The van der Waals surface area contributed by atoms with Gasteiger partial charge in [0.1, 0.15) is 0 Å². The molecule has 1 aliphatic carbocycles. The second-order valence-corrected chi connectivity index (χ2v) is 3.83. The molecule has 1 aliphatic rings. The standard InChI is InChI=1S/C12H14ClN/c13-7-2-8-14-12-6-5-10-3-1-4-11(10)9-12/h2,5-7,9,14H,1,3-4,8H2/b7-2+. The van der Waals surface area contributed by atoms with Crippen LogP contribution >= 0.6 is 11.6 Å². The van der Waals surface area contributed by atoms with Gasteiger partial charge in [0.05, 0.1) is 0 Å². The summed E-state index contributed by atoms with van der Waals surface area (Å²) in [5.74, 6) is 0. The highest BCUT2D eigenvalue weighted by Crippen LogP contribution is 2.24. The van der Waals surface area contributed by atoms with Crippen LogP contribution < -0.4 is 5.32 Å². The van der Waals surface area contributed by atoms with Crippen molar-refractivity contribution in [1.82, 2.24) is 0 Å². The van der Waals surface area contributed by atoms with Crippen LogP contribution in [-0.2, 0) is 12.8 Å². The van der Waals surface area contributed by atoms with Gasteiger partial charge in [0.25, 0.3) is 0 Å². The Morgan fingerprint density at radius 3 is 3.00 bits per heavy atom. The quantitative estimate of drug-likeness (QED) is 0.802. The first-order valence-corrected chi connectivity index (χ1v) is 5.44. The molecule has 0 bridgehead atoms. The summed E-state index contributed by atoms with van der Waals surface area (Å²) in [5, 5.41) is 3.30. The zero-order valence-electron chi connectivity index (χ0n) is 8.09. The first-order valence-electron chi connectivity index (χ1n) is 5.01. The molecule has 0 radical (unpaired) electrons. The van der Waals surface area contributed by atoms with Crippen LogP contribution in [0.5, 0.6) is 0 Å². The van der Waals surface area contributed by atoms with E-state index in [-0.39, 0.29) is 0 Å². The summed E-state index contributed by atoms with van der Waals surface area (Å²) in [7, 11) is 0. The predicted molar refractivity (Wildman–Crippen MR) is 61.9 cm³/mol. The van der Waals surface area contributed by atoms with Gasteiger partial charge in [-0.15, -0.1) is 0 Å². The molecule has 0 saturated heterocycles. The molecule has 1 nitrogen and oxygen atoms in total. The number of fused-ring (bicyclic) bond motifs is 1. The van der Waals surface area contributed by atoms with Crippen LogP contribution in [0.4, 0.5) is 5.69 Å². The van der Waals surface area contributed by atoms with Crippen LogP contribution in [-0.4, -0.2) is 6.54 Å². The fourth-order valence-corrected chi connectivity index (χ4v) is 1.99. The molecule has 0 fully saturated rings. The zero-order valence-corrected chi connectivity index (χ0v) is 8.85. The summed E-state index contributed by atoms with van der Waals surface area (Å²) in [5.41, 5.74) is 5.76. The highest BCUT2D eigenvalue weighted by Gasteiger charge is 2.09. The Hall–Kier alpha value is -0.950. The van der Waals surface area contributed by atoms with Gasteiger partial charge in [-0.2, -0.15) is 0 Å². The van der Waals surface area contributed by atoms with E-state index in [1.807, 2.05) is 6.08 Å². The molecule has 0 saturated carbocycles. The molecule has 0 aliphatic heterocycles. The first-order chi connectivity index (χ1) is 6.90. The summed E-state index contributed by atoms with van der Waals surface area (Å²) in [6.07, 6.45) is 5.68. The van der Waals surface area contributed by atoms with Crippen LogP contribution in [0.25, 0.3) is 0 Å². The number of nitrogens with one attached hydrogen (secondary N) is 1. The SMILES string of the molecule is Cl/C=C/CNc1ccc2c(c1)CCC2. The lowest BCUT2D eigenvalue weighted by Gasteiger charge is -2.05. The lowest BCUT2D eigenvalue weighted by atomic mass is 10.1. The molecule has 0 aromatic heterocycles. The van der Waals surface area contributed by atoms with Crippen molar-refractivity contribution in [2.24, 2.45) is 0 Å². The molecule has 0 spiro atoms. The van der Waals surface area contributed by atoms with Crippen molar-refractivity contribution in [3.63, 3.8) is 0 Å². The van der Waals surface area contributed by atoms with E-state index in [1.54, 1.807) is 5.54 Å². The third kappa shape index (κ3) is 2.10. The Labute approximate surface area is 89.8 Å². The van der Waals surface area contributed by atoms with Crippen LogP contribution in [0.2, 0.25) is 0 Å². The van der Waals surface area contributed by atoms with Gasteiger partial charge in [0.2, 0.25) is 0 Å². The van der Waals surface area contributed by atoms with E-state index in [1.165, 1.54) is 36.1 Å². The first kappa shape index (κ1) is 9.60. The summed E-state index contributed by atoms with van der Waals surface area (Å²) >= 11 is 5.44. The summed E-state index contributed by atoms with van der Waals surface area (Å²) in [4.78, 5) is 0. The van der Waals surface area contributed by atoms with Crippen molar-refractivity contribution in [1.29, 1.82) is 0 Å². The average molecular weight is 208 g/mol. The minimum atomic E-state index is 0.794. The van der Waals surface area contributed by atoms with Gasteiger partial charge >= 0.3 is 0 Å². The Bertz CT molecular complexity index is 344. The van der Waals surface area contributed by atoms with Crippen LogP contribution in [0, 0.1) is 0 Å². The maximum absolute atomic E-state index is 5.44.